The average Bonchev–Trinajstić information content (AvgIpc) is 2.99. The second-order valence-electron chi connectivity index (χ2n) is 11.6. The molecule has 0 spiro atoms. The maximum absolute atomic E-state index is 13.2. The van der Waals surface area contributed by atoms with Gasteiger partial charge in [-0.2, -0.15) is 0 Å². The molecule has 0 aromatic carbocycles. The van der Waals surface area contributed by atoms with Crippen molar-refractivity contribution in [2.75, 3.05) is 13.2 Å². The fourth-order valence-corrected chi connectivity index (χ4v) is 4.19. The quantitative estimate of drug-likeness (QED) is 0.0423. The Balaban J connectivity index is 5.70. The summed E-state index contributed by atoms with van der Waals surface area (Å²) in [5.41, 5.74) is 10.6. The van der Waals surface area contributed by atoms with E-state index in [0.717, 1.165) is 6.92 Å². The maximum atomic E-state index is 13.2. The van der Waals surface area contributed by atoms with Crippen LogP contribution in [-0.4, -0.2) is 128 Å². The number of aliphatic hydroxyl groups is 3. The molecule has 14 N–H and O–H groups in total. The van der Waals surface area contributed by atoms with Crippen LogP contribution in [0.3, 0.4) is 0 Å². The van der Waals surface area contributed by atoms with Gasteiger partial charge in [-0.15, -0.1) is 0 Å². The van der Waals surface area contributed by atoms with Crippen molar-refractivity contribution in [1.82, 2.24) is 26.6 Å². The molecule has 0 bridgehead atoms. The van der Waals surface area contributed by atoms with Crippen molar-refractivity contribution in [3.05, 3.63) is 0 Å². The second-order valence-corrected chi connectivity index (χ2v) is 11.6. The minimum Gasteiger partial charge on any atom is -0.481 e. The van der Waals surface area contributed by atoms with Crippen molar-refractivity contribution < 1.29 is 63.9 Å². The van der Waals surface area contributed by atoms with E-state index < -0.39 is 109 Å². The van der Waals surface area contributed by atoms with Crippen LogP contribution in [0, 0.1) is 5.92 Å². The van der Waals surface area contributed by atoms with Gasteiger partial charge in [-0.3, -0.25) is 33.6 Å². The van der Waals surface area contributed by atoms with Crippen molar-refractivity contribution in [1.29, 1.82) is 0 Å². The number of rotatable bonds is 24. The van der Waals surface area contributed by atoms with Crippen molar-refractivity contribution in [2.45, 2.75) is 108 Å². The maximum Gasteiger partial charge on any atom is 0.326 e. The summed E-state index contributed by atoms with van der Waals surface area (Å²) in [4.78, 5) is 98.0. The molecular weight excluding hydrogens is 642 g/mol. The Morgan fingerprint density at radius 1 is 0.646 bits per heavy atom. The van der Waals surface area contributed by atoms with Crippen LogP contribution in [-0.2, 0) is 38.4 Å². The van der Waals surface area contributed by atoms with Gasteiger partial charge in [0.15, 0.2) is 0 Å². The number of hydrogen-bond donors (Lipinski definition) is 12. The van der Waals surface area contributed by atoms with Crippen LogP contribution in [0.5, 0.6) is 0 Å². The van der Waals surface area contributed by atoms with Gasteiger partial charge in [0.1, 0.15) is 36.3 Å². The molecule has 0 aliphatic rings. The van der Waals surface area contributed by atoms with Gasteiger partial charge >= 0.3 is 11.9 Å². The molecule has 0 rings (SSSR count). The van der Waals surface area contributed by atoms with Gasteiger partial charge < -0.3 is 63.6 Å². The number of primary amides is 1. The third-order valence-electron chi connectivity index (χ3n) is 6.79. The van der Waals surface area contributed by atoms with E-state index in [1.54, 1.807) is 13.8 Å². The first-order chi connectivity index (χ1) is 22.3. The number of nitrogens with one attached hydrogen (secondary N) is 5. The van der Waals surface area contributed by atoms with Gasteiger partial charge in [0.2, 0.25) is 35.4 Å². The van der Waals surface area contributed by atoms with Crippen molar-refractivity contribution in [3.63, 3.8) is 0 Å². The molecule has 48 heavy (non-hydrogen) atoms. The smallest absolute Gasteiger partial charge is 0.326 e. The second kappa shape index (κ2) is 22.2. The molecule has 0 heterocycles. The van der Waals surface area contributed by atoms with E-state index >= 15 is 0 Å². The van der Waals surface area contributed by atoms with Crippen LogP contribution < -0.4 is 38.1 Å². The van der Waals surface area contributed by atoms with E-state index in [2.05, 4.69) is 26.6 Å². The summed E-state index contributed by atoms with van der Waals surface area (Å²) in [6.45, 7) is 2.73. The van der Waals surface area contributed by atoms with Gasteiger partial charge in [0.05, 0.1) is 25.7 Å². The number of nitrogens with two attached hydrogens (primary N) is 2. The lowest BCUT2D eigenvalue weighted by atomic mass is 10.0. The van der Waals surface area contributed by atoms with E-state index in [1.807, 2.05) is 0 Å². The summed E-state index contributed by atoms with van der Waals surface area (Å²) in [6.07, 6.45) is -1.55. The molecule has 0 saturated carbocycles. The number of carboxylic acid groups (broad SMARTS) is 2. The third kappa shape index (κ3) is 17.0. The highest BCUT2D eigenvalue weighted by Gasteiger charge is 2.34. The van der Waals surface area contributed by atoms with E-state index in [1.165, 1.54) is 0 Å². The number of carboxylic acids is 2. The van der Waals surface area contributed by atoms with Crippen molar-refractivity contribution in [2.24, 2.45) is 17.4 Å². The first-order valence-corrected chi connectivity index (χ1v) is 15.2. The van der Waals surface area contributed by atoms with Crippen LogP contribution in [0.4, 0.5) is 0 Å². The first-order valence-electron chi connectivity index (χ1n) is 15.2. The third-order valence-corrected chi connectivity index (χ3v) is 6.79. The number of aliphatic hydroxyl groups excluding tert-OH is 3. The van der Waals surface area contributed by atoms with Gasteiger partial charge in [0, 0.05) is 6.42 Å². The minimum absolute atomic E-state index is 0.0314. The normalized spacial score (nSPS) is 15.4. The first kappa shape index (κ1) is 43.6. The molecule has 0 aromatic rings. The van der Waals surface area contributed by atoms with E-state index in [4.69, 9.17) is 21.7 Å². The zero-order valence-electron chi connectivity index (χ0n) is 27.1. The Hall–Kier alpha value is -4.40. The molecule has 7 atom stereocenters. The fourth-order valence-electron chi connectivity index (χ4n) is 4.19. The van der Waals surface area contributed by atoms with Crippen LogP contribution in [0.15, 0.2) is 0 Å². The average molecular weight is 692 g/mol. The fraction of sp³-hybridized carbons (Fsp3) is 0.714. The van der Waals surface area contributed by atoms with Crippen molar-refractivity contribution >= 4 is 47.4 Å². The lowest BCUT2D eigenvalue weighted by Gasteiger charge is -2.27. The predicted octanol–water partition coefficient (Wildman–Crippen LogP) is -4.86. The van der Waals surface area contributed by atoms with Gasteiger partial charge in [-0.1, -0.05) is 26.7 Å². The largest absolute Gasteiger partial charge is 0.481 e. The molecule has 0 aliphatic carbocycles. The Kier molecular flexibility index (Phi) is 20.2. The number of aliphatic carboxylic acids is 2. The van der Waals surface area contributed by atoms with E-state index in [9.17, 15) is 53.7 Å². The number of carbonyl (C=O) groups is 8. The molecule has 20 nitrogen and oxygen atoms in total. The molecule has 0 saturated heterocycles. The Bertz CT molecular complexity index is 1140. The van der Waals surface area contributed by atoms with Gasteiger partial charge in [-0.05, 0) is 32.1 Å². The summed E-state index contributed by atoms with van der Waals surface area (Å²) < 4.78 is 0. The Morgan fingerprint density at radius 2 is 1.17 bits per heavy atom. The predicted molar refractivity (Wildman–Crippen MR) is 165 cm³/mol. The topological polar surface area (TPSA) is 350 Å². The van der Waals surface area contributed by atoms with E-state index in [-0.39, 0.29) is 31.6 Å². The summed E-state index contributed by atoms with van der Waals surface area (Å²) in [7, 11) is 0. The molecule has 0 fully saturated rings. The van der Waals surface area contributed by atoms with Crippen LogP contribution in [0.1, 0.15) is 65.7 Å². The molecule has 0 aliphatic heterocycles. The SMILES string of the molecule is CC(C)C[C@H](NC(=O)[C@H](CC(N)=O)NC(=O)[C@@H](N)CO)C(=O)N[C@@H](CO)C(=O)N[C@H](C(=O)N[C@@H](CCCCCC(=O)O)C(=O)O)[C@@H](C)O. The zero-order valence-corrected chi connectivity index (χ0v) is 27.1. The summed E-state index contributed by atoms with van der Waals surface area (Å²) in [6, 6.07) is -9.29. The molecule has 0 unspecified atom stereocenters. The Morgan fingerprint density at radius 3 is 1.65 bits per heavy atom. The molecule has 0 radical (unpaired) electrons. The molecule has 274 valence electrons. The summed E-state index contributed by atoms with van der Waals surface area (Å²) in [5.74, 6) is -8.90. The highest BCUT2D eigenvalue weighted by molar-refractivity contribution is 5.97. The number of hydrogen-bond acceptors (Lipinski definition) is 12. The monoisotopic (exact) mass is 691 g/mol. The van der Waals surface area contributed by atoms with Gasteiger partial charge in [0.25, 0.3) is 0 Å². The van der Waals surface area contributed by atoms with E-state index in [0.29, 0.717) is 12.8 Å². The Labute approximate surface area is 276 Å². The van der Waals surface area contributed by atoms with Crippen LogP contribution in [0.25, 0.3) is 0 Å². The van der Waals surface area contributed by atoms with Gasteiger partial charge in [-0.25, -0.2) is 4.79 Å². The minimum atomic E-state index is -1.73. The highest BCUT2D eigenvalue weighted by Crippen LogP contribution is 2.09. The molecule has 20 heteroatoms. The number of amides is 6. The lowest BCUT2D eigenvalue weighted by Crippen LogP contribution is -2.61. The molecular formula is C28H49N7O13. The highest BCUT2D eigenvalue weighted by atomic mass is 16.4. The number of unbranched alkanes of at least 4 members (excludes halogenated alkanes) is 2. The standard InChI is InChI=1S/C28H49N7O13/c1-13(2)9-17(33-25(44)18(10-20(30)39)32-23(42)15(29)11-36)24(43)34-19(12-37)26(45)35-22(14(3)38)27(46)31-16(28(47)48)7-5-4-6-8-21(40)41/h13-19,22,36-38H,4-12,29H2,1-3H3,(H2,30,39)(H,31,46)(H,32,42)(H,33,44)(H,34,43)(H,35,45)(H,40,41)(H,47,48)/t14-,15+,16+,17+,18+,19+,22+/m1/s1. The van der Waals surface area contributed by atoms with Crippen molar-refractivity contribution in [3.8, 4) is 0 Å². The zero-order chi connectivity index (χ0) is 37.1. The van der Waals surface area contributed by atoms with Crippen LogP contribution >= 0.6 is 0 Å². The molecule has 0 aromatic heterocycles. The summed E-state index contributed by atoms with van der Waals surface area (Å²) >= 11 is 0. The summed E-state index contributed by atoms with van der Waals surface area (Å²) in [5, 5.41) is 58.4. The number of carbonyl (C=O) groups excluding carboxylic acids is 6. The molecule has 6 amide bonds. The van der Waals surface area contributed by atoms with Crippen LogP contribution in [0.2, 0.25) is 0 Å². The lowest BCUT2D eigenvalue weighted by molar-refractivity contribution is -0.143.